The molecule has 1 aromatic carbocycles. The SMILES string of the molecule is CC(C)(C)c1ccc(Oc2cc[c]c(C(N)=O)n2)cc1. The van der Waals surface area contributed by atoms with Gasteiger partial charge in [-0.3, -0.25) is 4.79 Å². The molecule has 1 radical (unpaired) electrons. The number of carbonyl (C=O) groups excluding carboxylic acids is 1. The summed E-state index contributed by atoms with van der Waals surface area (Å²) < 4.78 is 5.60. The van der Waals surface area contributed by atoms with Gasteiger partial charge in [0.2, 0.25) is 5.88 Å². The third-order valence-corrected chi connectivity index (χ3v) is 2.84. The van der Waals surface area contributed by atoms with Crippen LogP contribution >= 0.6 is 0 Å². The summed E-state index contributed by atoms with van der Waals surface area (Å²) in [5.74, 6) is 0.353. The van der Waals surface area contributed by atoms with E-state index in [9.17, 15) is 4.79 Å². The van der Waals surface area contributed by atoms with Crippen molar-refractivity contribution in [1.82, 2.24) is 4.98 Å². The molecule has 4 heteroatoms. The number of benzene rings is 1. The Kier molecular flexibility index (Phi) is 3.74. The number of nitrogens with zero attached hydrogens (tertiary/aromatic N) is 1. The maximum atomic E-state index is 11.0. The van der Waals surface area contributed by atoms with Crippen LogP contribution in [0.5, 0.6) is 11.6 Å². The van der Waals surface area contributed by atoms with Crippen molar-refractivity contribution < 1.29 is 9.53 Å². The first kappa shape index (κ1) is 14.1. The van der Waals surface area contributed by atoms with Gasteiger partial charge >= 0.3 is 0 Å². The molecule has 0 fully saturated rings. The van der Waals surface area contributed by atoms with E-state index in [0.29, 0.717) is 11.6 Å². The number of carbonyl (C=O) groups is 1. The Bertz CT molecular complexity index is 613. The van der Waals surface area contributed by atoms with Crippen molar-refractivity contribution in [2.75, 3.05) is 0 Å². The molecule has 0 atom stereocenters. The van der Waals surface area contributed by atoms with Crippen molar-refractivity contribution in [1.29, 1.82) is 0 Å². The smallest absolute Gasteiger partial charge is 0.268 e. The van der Waals surface area contributed by atoms with Gasteiger partial charge in [0.05, 0.1) is 0 Å². The lowest BCUT2D eigenvalue weighted by atomic mass is 9.87. The predicted molar refractivity (Wildman–Crippen MR) is 76.8 cm³/mol. The van der Waals surface area contributed by atoms with Crippen LogP contribution in [0.3, 0.4) is 0 Å². The van der Waals surface area contributed by atoms with Crippen LogP contribution < -0.4 is 10.5 Å². The summed E-state index contributed by atoms with van der Waals surface area (Å²) in [5.41, 5.74) is 6.53. The number of rotatable bonds is 3. The van der Waals surface area contributed by atoms with Gasteiger partial charge in [-0.2, -0.15) is 0 Å². The lowest BCUT2D eigenvalue weighted by Gasteiger charge is -2.19. The number of nitrogens with two attached hydrogens (primary N) is 1. The van der Waals surface area contributed by atoms with Crippen LogP contribution in [0.4, 0.5) is 0 Å². The number of hydrogen-bond acceptors (Lipinski definition) is 3. The van der Waals surface area contributed by atoms with E-state index in [2.05, 4.69) is 31.8 Å². The second-order valence-electron chi connectivity index (χ2n) is 5.52. The molecule has 2 N–H and O–H groups in total. The van der Waals surface area contributed by atoms with Crippen molar-refractivity contribution in [2.45, 2.75) is 26.2 Å². The average Bonchev–Trinajstić information content (AvgIpc) is 2.38. The summed E-state index contributed by atoms with van der Waals surface area (Å²) >= 11 is 0. The molecule has 0 spiro atoms. The molecule has 4 nitrogen and oxygen atoms in total. The molecule has 0 saturated heterocycles. The topological polar surface area (TPSA) is 65.2 Å². The van der Waals surface area contributed by atoms with E-state index in [-0.39, 0.29) is 11.1 Å². The summed E-state index contributed by atoms with van der Waals surface area (Å²) in [4.78, 5) is 15.0. The van der Waals surface area contributed by atoms with Gasteiger partial charge in [-0.15, -0.1) is 0 Å². The van der Waals surface area contributed by atoms with Crippen molar-refractivity contribution in [3.8, 4) is 11.6 Å². The predicted octanol–water partition coefficient (Wildman–Crippen LogP) is 3.07. The maximum Gasteiger partial charge on any atom is 0.268 e. The van der Waals surface area contributed by atoms with Gasteiger partial charge in [0.1, 0.15) is 11.4 Å². The number of aromatic nitrogens is 1. The van der Waals surface area contributed by atoms with E-state index in [0.717, 1.165) is 0 Å². The lowest BCUT2D eigenvalue weighted by molar-refractivity contribution is 0.0994. The Morgan fingerprint density at radius 1 is 1.20 bits per heavy atom. The van der Waals surface area contributed by atoms with Crippen LogP contribution in [0, 0.1) is 6.07 Å². The molecule has 0 bridgehead atoms. The van der Waals surface area contributed by atoms with Crippen LogP contribution in [0.25, 0.3) is 0 Å². The third-order valence-electron chi connectivity index (χ3n) is 2.84. The summed E-state index contributed by atoms with van der Waals surface area (Å²) in [7, 11) is 0. The monoisotopic (exact) mass is 269 g/mol. The van der Waals surface area contributed by atoms with Gasteiger partial charge in [0.25, 0.3) is 5.91 Å². The minimum atomic E-state index is -0.626. The Balaban J connectivity index is 2.18. The first-order chi connectivity index (χ1) is 9.36. The molecule has 2 aromatic rings. The van der Waals surface area contributed by atoms with Gasteiger partial charge in [-0.25, -0.2) is 4.98 Å². The minimum absolute atomic E-state index is 0.0637. The standard InChI is InChI=1S/C16H17N2O2/c1-16(2,3)11-7-9-12(10-8-11)20-14-6-4-5-13(18-14)15(17)19/h4,6-10H,1-3H3,(H2,17,19). The van der Waals surface area contributed by atoms with Gasteiger partial charge in [-0.1, -0.05) is 32.9 Å². The Morgan fingerprint density at radius 3 is 2.40 bits per heavy atom. The van der Waals surface area contributed by atoms with Gasteiger partial charge in [0, 0.05) is 12.1 Å². The molecule has 0 aliphatic heterocycles. The molecule has 0 saturated carbocycles. The molecule has 0 aliphatic carbocycles. The second kappa shape index (κ2) is 5.33. The zero-order valence-corrected chi connectivity index (χ0v) is 11.8. The number of ether oxygens (including phenoxy) is 1. The highest BCUT2D eigenvalue weighted by Gasteiger charge is 2.13. The molecule has 1 amide bonds. The summed E-state index contributed by atoms with van der Waals surface area (Å²) in [6.45, 7) is 6.45. The third kappa shape index (κ3) is 3.35. The van der Waals surface area contributed by atoms with Crippen molar-refractivity contribution in [3.05, 3.63) is 53.7 Å². The Morgan fingerprint density at radius 2 is 1.85 bits per heavy atom. The van der Waals surface area contributed by atoms with E-state index in [1.165, 1.54) is 5.56 Å². The largest absolute Gasteiger partial charge is 0.439 e. The fourth-order valence-electron chi connectivity index (χ4n) is 1.70. The van der Waals surface area contributed by atoms with Crippen LogP contribution in [0.2, 0.25) is 0 Å². The highest BCUT2D eigenvalue weighted by atomic mass is 16.5. The molecule has 1 heterocycles. The van der Waals surface area contributed by atoms with E-state index >= 15 is 0 Å². The first-order valence-corrected chi connectivity index (χ1v) is 6.33. The zero-order chi connectivity index (χ0) is 14.8. The van der Waals surface area contributed by atoms with Gasteiger partial charge in [0.15, 0.2) is 0 Å². The number of primary amides is 1. The van der Waals surface area contributed by atoms with E-state index in [1.54, 1.807) is 12.1 Å². The molecule has 103 valence electrons. The molecular formula is C16H17N2O2. The minimum Gasteiger partial charge on any atom is -0.439 e. The lowest BCUT2D eigenvalue weighted by Crippen LogP contribution is -2.13. The highest BCUT2D eigenvalue weighted by Crippen LogP contribution is 2.26. The molecule has 0 aliphatic rings. The Hall–Kier alpha value is -2.36. The zero-order valence-electron chi connectivity index (χ0n) is 11.8. The van der Waals surface area contributed by atoms with E-state index in [4.69, 9.17) is 10.5 Å². The quantitative estimate of drug-likeness (QED) is 0.931. The normalized spacial score (nSPS) is 11.2. The maximum absolute atomic E-state index is 11.0. The summed E-state index contributed by atoms with van der Waals surface area (Å²) in [6, 6.07) is 13.6. The van der Waals surface area contributed by atoms with Crippen LogP contribution in [-0.4, -0.2) is 10.9 Å². The van der Waals surface area contributed by atoms with E-state index < -0.39 is 5.91 Å². The van der Waals surface area contributed by atoms with Crippen LogP contribution in [-0.2, 0) is 5.41 Å². The van der Waals surface area contributed by atoms with Gasteiger partial charge in [-0.05, 0) is 29.2 Å². The summed E-state index contributed by atoms with van der Waals surface area (Å²) in [6.07, 6.45) is 0. The molecular weight excluding hydrogens is 252 g/mol. The average molecular weight is 269 g/mol. The molecule has 20 heavy (non-hydrogen) atoms. The second-order valence-corrected chi connectivity index (χ2v) is 5.52. The molecule has 0 unspecified atom stereocenters. The fraction of sp³-hybridized carbons (Fsp3) is 0.250. The Labute approximate surface area is 118 Å². The number of amides is 1. The summed E-state index contributed by atoms with van der Waals surface area (Å²) in [5, 5.41) is 0. The number of hydrogen-bond donors (Lipinski definition) is 1. The van der Waals surface area contributed by atoms with Crippen LogP contribution in [0.15, 0.2) is 36.4 Å². The van der Waals surface area contributed by atoms with E-state index in [1.807, 2.05) is 24.3 Å². The number of pyridine rings is 1. The molecule has 2 rings (SSSR count). The van der Waals surface area contributed by atoms with Crippen molar-refractivity contribution in [2.24, 2.45) is 5.73 Å². The molecule has 1 aromatic heterocycles. The fourth-order valence-corrected chi connectivity index (χ4v) is 1.70. The van der Waals surface area contributed by atoms with Crippen molar-refractivity contribution in [3.63, 3.8) is 0 Å². The van der Waals surface area contributed by atoms with Crippen molar-refractivity contribution >= 4 is 5.91 Å². The highest BCUT2D eigenvalue weighted by molar-refractivity contribution is 5.90. The van der Waals surface area contributed by atoms with Crippen LogP contribution in [0.1, 0.15) is 36.8 Å². The first-order valence-electron chi connectivity index (χ1n) is 6.33. The van der Waals surface area contributed by atoms with Gasteiger partial charge < -0.3 is 10.5 Å².